The van der Waals surface area contributed by atoms with Crippen LogP contribution < -0.4 is 4.74 Å². The third-order valence-corrected chi connectivity index (χ3v) is 4.14. The first-order chi connectivity index (χ1) is 10.6. The number of carbonyl (C=O) groups excluding carboxylic acids is 1. The van der Waals surface area contributed by atoms with Crippen LogP contribution in [-0.2, 0) is 20.9 Å². The number of carboxylic acids is 1. The van der Waals surface area contributed by atoms with Crippen LogP contribution in [0.3, 0.4) is 0 Å². The summed E-state index contributed by atoms with van der Waals surface area (Å²) in [5.74, 6) is -1.23. The van der Waals surface area contributed by atoms with E-state index in [1.54, 1.807) is 19.3 Å². The number of carboxylic acid groups (broad SMARTS) is 1. The summed E-state index contributed by atoms with van der Waals surface area (Å²) in [5, 5.41) is 9.25. The van der Waals surface area contributed by atoms with E-state index in [2.05, 4.69) is 0 Å². The number of methoxy groups -OCH3 is 1. The van der Waals surface area contributed by atoms with Gasteiger partial charge in [0.25, 0.3) is 0 Å². The van der Waals surface area contributed by atoms with Crippen LogP contribution in [0.1, 0.15) is 5.56 Å². The molecule has 0 saturated heterocycles. The molecule has 114 valence electrons. The summed E-state index contributed by atoms with van der Waals surface area (Å²) in [5.41, 5.74) is -0.538. The molecule has 0 heterocycles. The van der Waals surface area contributed by atoms with Crippen LogP contribution in [0, 0.1) is 11.3 Å². The van der Waals surface area contributed by atoms with Crippen molar-refractivity contribution < 1.29 is 24.2 Å². The number of hydrogen-bond acceptors (Lipinski definition) is 4. The van der Waals surface area contributed by atoms with Crippen molar-refractivity contribution in [3.05, 3.63) is 54.1 Å². The fraction of sp³-hybridized carbons (Fsp3) is 0.294. The zero-order valence-electron chi connectivity index (χ0n) is 12.1. The van der Waals surface area contributed by atoms with Gasteiger partial charge in [-0.25, -0.2) is 0 Å². The van der Waals surface area contributed by atoms with Crippen LogP contribution in [0.2, 0.25) is 0 Å². The van der Waals surface area contributed by atoms with Gasteiger partial charge < -0.3 is 14.6 Å². The third kappa shape index (κ3) is 2.23. The molecule has 1 N–H and O–H groups in total. The van der Waals surface area contributed by atoms with Crippen LogP contribution in [-0.4, -0.2) is 30.1 Å². The van der Waals surface area contributed by atoms with Gasteiger partial charge in [-0.15, -0.1) is 0 Å². The monoisotopic (exact) mass is 300 g/mol. The molecule has 22 heavy (non-hydrogen) atoms. The van der Waals surface area contributed by atoms with Gasteiger partial charge in [-0.3, -0.25) is 9.59 Å². The van der Waals surface area contributed by atoms with E-state index in [1.807, 2.05) is 24.3 Å². The second-order valence-corrected chi connectivity index (χ2v) is 5.41. The summed E-state index contributed by atoms with van der Waals surface area (Å²) in [4.78, 5) is 23.6. The van der Waals surface area contributed by atoms with Gasteiger partial charge in [-0.2, -0.15) is 0 Å². The maximum absolute atomic E-state index is 12.3. The molecule has 0 fully saturated rings. The molecule has 5 heteroatoms. The van der Waals surface area contributed by atoms with Crippen molar-refractivity contribution in [2.75, 3.05) is 7.11 Å². The Balaban J connectivity index is 1.70. The van der Waals surface area contributed by atoms with Crippen molar-refractivity contribution >= 4 is 11.8 Å². The molecule has 1 aromatic rings. The third-order valence-electron chi connectivity index (χ3n) is 4.14. The molecule has 0 aliphatic heterocycles. The van der Waals surface area contributed by atoms with E-state index in [0.717, 1.165) is 11.3 Å². The predicted octanol–water partition coefficient (Wildman–Crippen LogP) is 1.98. The Hall–Kier alpha value is -2.40. The first-order valence-corrected chi connectivity index (χ1v) is 6.98. The molecule has 2 aliphatic carbocycles. The molecular formula is C17H16O5. The molecule has 2 aliphatic rings. The van der Waals surface area contributed by atoms with Crippen molar-refractivity contribution in [1.82, 2.24) is 0 Å². The van der Waals surface area contributed by atoms with Crippen LogP contribution in [0.4, 0.5) is 0 Å². The number of ether oxygens (including phenoxy) is 2. The van der Waals surface area contributed by atoms with E-state index in [4.69, 9.17) is 9.47 Å². The first-order valence-electron chi connectivity index (χ1n) is 6.98. The standard InChI is InChI=1S/C17H16O5/c1-21-12-4-2-11(3-5-12)10-22-14-7-9-17(16(19)20)8-6-13(14)15(17)18/h2-9,13-14H,10H2,1H3,(H,19,20)/t13-,14-,17+/m1/s1. The molecule has 0 spiro atoms. The first kappa shape index (κ1) is 14.5. The largest absolute Gasteiger partial charge is 0.497 e. The van der Waals surface area contributed by atoms with Gasteiger partial charge in [0.1, 0.15) is 5.75 Å². The Morgan fingerprint density at radius 2 is 1.91 bits per heavy atom. The smallest absolute Gasteiger partial charge is 0.325 e. The fourth-order valence-electron chi connectivity index (χ4n) is 2.78. The van der Waals surface area contributed by atoms with Crippen molar-refractivity contribution in [1.29, 1.82) is 0 Å². The minimum atomic E-state index is -1.50. The van der Waals surface area contributed by atoms with Crippen molar-refractivity contribution in [2.24, 2.45) is 11.3 Å². The Kier molecular flexibility index (Phi) is 3.58. The topological polar surface area (TPSA) is 72.8 Å². The van der Waals surface area contributed by atoms with E-state index in [0.29, 0.717) is 6.61 Å². The lowest BCUT2D eigenvalue weighted by atomic mass is 9.78. The fourth-order valence-corrected chi connectivity index (χ4v) is 2.78. The van der Waals surface area contributed by atoms with E-state index in [1.165, 1.54) is 12.2 Å². The highest BCUT2D eigenvalue weighted by atomic mass is 16.5. The maximum atomic E-state index is 12.3. The Morgan fingerprint density at radius 1 is 1.23 bits per heavy atom. The summed E-state index contributed by atoms with van der Waals surface area (Å²) < 4.78 is 10.9. The number of hydrogen-bond donors (Lipinski definition) is 1. The zero-order valence-corrected chi connectivity index (χ0v) is 12.1. The van der Waals surface area contributed by atoms with Crippen molar-refractivity contribution in [3.63, 3.8) is 0 Å². The number of rotatable bonds is 5. The van der Waals surface area contributed by atoms with Gasteiger partial charge in [0.2, 0.25) is 0 Å². The highest BCUT2D eigenvalue weighted by molar-refractivity contribution is 6.12. The SMILES string of the molecule is COc1ccc(CO[C@@H]2C=C[C@@]3(C(=O)O)C=C[C@H]2C3=O)cc1. The summed E-state index contributed by atoms with van der Waals surface area (Å²) in [6, 6.07) is 7.45. The van der Waals surface area contributed by atoms with Gasteiger partial charge in [0.05, 0.1) is 25.7 Å². The maximum Gasteiger partial charge on any atom is 0.325 e. The van der Waals surface area contributed by atoms with Crippen molar-refractivity contribution in [2.45, 2.75) is 12.7 Å². The van der Waals surface area contributed by atoms with Gasteiger partial charge in [0, 0.05) is 0 Å². The van der Waals surface area contributed by atoms with E-state index in [9.17, 15) is 14.7 Å². The van der Waals surface area contributed by atoms with Crippen molar-refractivity contribution in [3.8, 4) is 5.75 Å². The lowest BCUT2D eigenvalue weighted by molar-refractivity contribution is -0.150. The number of ketones is 1. The Bertz CT molecular complexity index is 658. The van der Waals surface area contributed by atoms with Gasteiger partial charge in [-0.05, 0) is 17.7 Å². The summed E-state index contributed by atoms with van der Waals surface area (Å²) in [6.07, 6.45) is 5.76. The lowest BCUT2D eigenvalue weighted by Gasteiger charge is -2.28. The van der Waals surface area contributed by atoms with Crippen LogP contribution in [0.5, 0.6) is 5.75 Å². The molecule has 3 rings (SSSR count). The predicted molar refractivity (Wildman–Crippen MR) is 78.4 cm³/mol. The minimum absolute atomic E-state index is 0.331. The highest BCUT2D eigenvalue weighted by Gasteiger charge is 2.52. The lowest BCUT2D eigenvalue weighted by Crippen LogP contribution is -2.42. The second-order valence-electron chi connectivity index (χ2n) is 5.41. The molecule has 0 amide bonds. The second kappa shape index (κ2) is 5.42. The number of benzene rings is 1. The molecule has 0 unspecified atom stereocenters. The summed E-state index contributed by atoms with van der Waals surface area (Å²) in [6.45, 7) is 0.344. The van der Waals surface area contributed by atoms with E-state index < -0.39 is 23.4 Å². The average molecular weight is 300 g/mol. The number of fused-ring (bicyclic) bond motifs is 2. The molecular weight excluding hydrogens is 284 g/mol. The molecule has 5 nitrogen and oxygen atoms in total. The Labute approximate surface area is 127 Å². The summed E-state index contributed by atoms with van der Waals surface area (Å²) >= 11 is 0. The number of carbonyl (C=O) groups is 2. The molecule has 2 bridgehead atoms. The number of aliphatic carboxylic acids is 1. The summed E-state index contributed by atoms with van der Waals surface area (Å²) in [7, 11) is 1.60. The number of Topliss-reactive ketones (excluding diaryl/α,β-unsaturated/α-hetero) is 1. The average Bonchev–Trinajstić information content (AvgIpc) is 2.74. The van der Waals surface area contributed by atoms with Crippen LogP contribution in [0.25, 0.3) is 0 Å². The Morgan fingerprint density at radius 3 is 2.55 bits per heavy atom. The molecule has 3 atom stereocenters. The van der Waals surface area contributed by atoms with Crippen LogP contribution >= 0.6 is 0 Å². The van der Waals surface area contributed by atoms with Gasteiger partial charge in [-0.1, -0.05) is 36.4 Å². The molecule has 0 saturated carbocycles. The van der Waals surface area contributed by atoms with Gasteiger partial charge >= 0.3 is 5.97 Å². The molecule has 1 aromatic carbocycles. The highest BCUT2D eigenvalue weighted by Crippen LogP contribution is 2.40. The minimum Gasteiger partial charge on any atom is -0.497 e. The van der Waals surface area contributed by atoms with Crippen LogP contribution in [0.15, 0.2) is 48.6 Å². The molecule has 0 aromatic heterocycles. The van der Waals surface area contributed by atoms with E-state index >= 15 is 0 Å². The molecule has 0 radical (unpaired) electrons. The normalized spacial score (nSPS) is 28.9. The quantitative estimate of drug-likeness (QED) is 0.665. The van der Waals surface area contributed by atoms with Gasteiger partial charge in [0.15, 0.2) is 11.2 Å². The van der Waals surface area contributed by atoms with E-state index in [-0.39, 0.29) is 5.78 Å². The zero-order chi connectivity index (χ0) is 15.7.